The molecule has 1 rings (SSSR count). The minimum Gasteiger partial charge on any atom is -0.370 e. The average Bonchev–Trinajstić information content (AvgIpc) is 2.24. The van der Waals surface area contributed by atoms with E-state index in [-0.39, 0.29) is 11.3 Å². The number of anilines is 1. The lowest BCUT2D eigenvalue weighted by Gasteiger charge is -2.18. The zero-order valence-corrected chi connectivity index (χ0v) is 11.9. The number of hydrogen-bond acceptors (Lipinski definition) is 3. The Balaban J connectivity index is 2.79. The Morgan fingerprint density at radius 3 is 2.56 bits per heavy atom. The monoisotopic (exact) mass is 249 g/mol. The van der Waals surface area contributed by atoms with Crippen LogP contribution in [0.1, 0.15) is 43.7 Å². The second kappa shape index (κ2) is 5.85. The van der Waals surface area contributed by atoms with Gasteiger partial charge in [0, 0.05) is 24.3 Å². The smallest absolute Gasteiger partial charge is 0.251 e. The van der Waals surface area contributed by atoms with Crippen LogP contribution in [0.3, 0.4) is 0 Å². The molecule has 0 atom stereocenters. The molecular weight excluding hydrogens is 226 g/mol. The van der Waals surface area contributed by atoms with Gasteiger partial charge in [0.05, 0.1) is 0 Å². The van der Waals surface area contributed by atoms with E-state index in [2.05, 4.69) is 36.4 Å². The van der Waals surface area contributed by atoms with Gasteiger partial charge in [-0.05, 0) is 31.4 Å². The number of nitrogens with zero attached hydrogens (tertiary/aromatic N) is 1. The van der Waals surface area contributed by atoms with Crippen molar-refractivity contribution < 1.29 is 4.79 Å². The lowest BCUT2D eigenvalue weighted by Crippen LogP contribution is -2.32. The molecule has 1 aromatic heterocycles. The maximum atomic E-state index is 12.0. The molecule has 0 radical (unpaired) electrons. The van der Waals surface area contributed by atoms with E-state index in [1.54, 1.807) is 12.1 Å². The maximum Gasteiger partial charge on any atom is 0.251 e. The molecule has 0 aliphatic rings. The van der Waals surface area contributed by atoms with Gasteiger partial charge in [-0.1, -0.05) is 20.8 Å². The molecule has 1 amide bonds. The van der Waals surface area contributed by atoms with E-state index in [4.69, 9.17) is 0 Å². The third-order valence-corrected chi connectivity index (χ3v) is 2.35. The second-order valence-electron chi connectivity index (χ2n) is 5.66. The van der Waals surface area contributed by atoms with Gasteiger partial charge in [-0.15, -0.1) is 0 Å². The van der Waals surface area contributed by atoms with Crippen molar-refractivity contribution in [2.45, 2.75) is 34.6 Å². The lowest BCUT2D eigenvalue weighted by molar-refractivity contribution is 0.0939. The van der Waals surface area contributed by atoms with Gasteiger partial charge in [-0.2, -0.15) is 0 Å². The van der Waals surface area contributed by atoms with Gasteiger partial charge in [0.15, 0.2) is 0 Å². The molecule has 0 aromatic carbocycles. The number of nitrogens with one attached hydrogen (secondary N) is 2. The van der Waals surface area contributed by atoms with Crippen molar-refractivity contribution in [3.05, 3.63) is 23.4 Å². The van der Waals surface area contributed by atoms with Crippen LogP contribution in [0.15, 0.2) is 12.1 Å². The van der Waals surface area contributed by atoms with E-state index in [9.17, 15) is 4.79 Å². The predicted molar refractivity (Wildman–Crippen MR) is 74.9 cm³/mol. The number of amides is 1. The first-order valence-electron chi connectivity index (χ1n) is 6.32. The first kappa shape index (κ1) is 14.5. The van der Waals surface area contributed by atoms with Crippen LogP contribution in [0, 0.1) is 12.3 Å². The predicted octanol–water partition coefficient (Wildman–Crippen LogP) is 2.60. The molecule has 100 valence electrons. The summed E-state index contributed by atoms with van der Waals surface area (Å²) in [5.41, 5.74) is 1.58. The Labute approximate surface area is 109 Å². The second-order valence-corrected chi connectivity index (χ2v) is 5.66. The van der Waals surface area contributed by atoms with Gasteiger partial charge in [-0.3, -0.25) is 4.79 Å². The van der Waals surface area contributed by atoms with Crippen LogP contribution >= 0.6 is 0 Å². The topological polar surface area (TPSA) is 54.0 Å². The summed E-state index contributed by atoms with van der Waals surface area (Å²) in [6.07, 6.45) is 0. The third kappa shape index (κ3) is 4.73. The summed E-state index contributed by atoms with van der Waals surface area (Å²) in [7, 11) is 0. The molecule has 0 aliphatic heterocycles. The average molecular weight is 249 g/mol. The van der Waals surface area contributed by atoms with E-state index in [1.165, 1.54) is 0 Å². The van der Waals surface area contributed by atoms with Crippen molar-refractivity contribution in [2.24, 2.45) is 5.41 Å². The van der Waals surface area contributed by atoms with E-state index in [0.717, 1.165) is 18.1 Å². The molecule has 4 heteroatoms. The van der Waals surface area contributed by atoms with Crippen LogP contribution in [-0.2, 0) is 0 Å². The molecule has 0 fully saturated rings. The molecule has 4 nitrogen and oxygen atoms in total. The van der Waals surface area contributed by atoms with Crippen LogP contribution in [0.25, 0.3) is 0 Å². The van der Waals surface area contributed by atoms with Gasteiger partial charge in [0.25, 0.3) is 5.91 Å². The van der Waals surface area contributed by atoms with Crippen molar-refractivity contribution >= 4 is 11.7 Å². The van der Waals surface area contributed by atoms with Gasteiger partial charge >= 0.3 is 0 Å². The number of aryl methyl sites for hydroxylation is 1. The zero-order valence-electron chi connectivity index (χ0n) is 11.9. The van der Waals surface area contributed by atoms with Crippen LogP contribution in [0.2, 0.25) is 0 Å². The minimum absolute atomic E-state index is 0.0467. The Morgan fingerprint density at radius 2 is 2.00 bits per heavy atom. The standard InChI is InChI=1S/C14H23N3O/c1-6-15-12-8-11(7-10(2)17-12)13(18)16-9-14(3,4)5/h7-8H,6,9H2,1-5H3,(H,15,17)(H,16,18). The quantitative estimate of drug-likeness (QED) is 0.862. The fourth-order valence-electron chi connectivity index (χ4n) is 1.52. The minimum atomic E-state index is -0.0467. The first-order chi connectivity index (χ1) is 8.31. The summed E-state index contributed by atoms with van der Waals surface area (Å²) in [6, 6.07) is 3.59. The summed E-state index contributed by atoms with van der Waals surface area (Å²) in [6.45, 7) is 11.6. The zero-order chi connectivity index (χ0) is 13.8. The molecule has 1 aromatic rings. The number of rotatable bonds is 4. The number of aromatic nitrogens is 1. The van der Waals surface area contributed by atoms with Gasteiger partial charge < -0.3 is 10.6 Å². The van der Waals surface area contributed by atoms with E-state index < -0.39 is 0 Å². The highest BCUT2D eigenvalue weighted by atomic mass is 16.1. The summed E-state index contributed by atoms with van der Waals surface area (Å²) < 4.78 is 0. The normalized spacial score (nSPS) is 11.2. The fraction of sp³-hybridized carbons (Fsp3) is 0.571. The summed E-state index contributed by atoms with van der Waals surface area (Å²) in [5.74, 6) is 0.702. The molecule has 0 aliphatic carbocycles. The lowest BCUT2D eigenvalue weighted by atomic mass is 9.97. The van der Waals surface area contributed by atoms with Crippen molar-refractivity contribution in [3.63, 3.8) is 0 Å². The Morgan fingerprint density at radius 1 is 1.33 bits per heavy atom. The molecule has 18 heavy (non-hydrogen) atoms. The van der Waals surface area contributed by atoms with Gasteiger partial charge in [0.1, 0.15) is 5.82 Å². The summed E-state index contributed by atoms with van der Waals surface area (Å²) in [4.78, 5) is 16.4. The molecule has 0 spiro atoms. The molecular formula is C14H23N3O. The molecule has 0 saturated carbocycles. The Bertz CT molecular complexity index is 422. The maximum absolute atomic E-state index is 12.0. The van der Waals surface area contributed by atoms with Crippen LogP contribution < -0.4 is 10.6 Å². The van der Waals surface area contributed by atoms with E-state index in [1.807, 2.05) is 13.8 Å². The van der Waals surface area contributed by atoms with Crippen LogP contribution in [0.5, 0.6) is 0 Å². The Hall–Kier alpha value is -1.58. The first-order valence-corrected chi connectivity index (χ1v) is 6.32. The van der Waals surface area contributed by atoms with Crippen molar-refractivity contribution in [3.8, 4) is 0 Å². The van der Waals surface area contributed by atoms with E-state index >= 15 is 0 Å². The molecule has 0 bridgehead atoms. The summed E-state index contributed by atoms with van der Waals surface area (Å²) >= 11 is 0. The summed E-state index contributed by atoms with van der Waals surface area (Å²) in [5, 5.41) is 6.07. The molecule has 2 N–H and O–H groups in total. The fourth-order valence-corrected chi connectivity index (χ4v) is 1.52. The van der Waals surface area contributed by atoms with Crippen molar-refractivity contribution in [1.82, 2.24) is 10.3 Å². The van der Waals surface area contributed by atoms with Crippen LogP contribution in [0.4, 0.5) is 5.82 Å². The van der Waals surface area contributed by atoms with Gasteiger partial charge in [0.2, 0.25) is 0 Å². The molecule has 0 unspecified atom stereocenters. The molecule has 1 heterocycles. The largest absolute Gasteiger partial charge is 0.370 e. The highest BCUT2D eigenvalue weighted by Gasteiger charge is 2.14. The van der Waals surface area contributed by atoms with Crippen molar-refractivity contribution in [1.29, 1.82) is 0 Å². The van der Waals surface area contributed by atoms with E-state index in [0.29, 0.717) is 12.1 Å². The number of carbonyl (C=O) groups excluding carboxylic acids is 1. The number of pyridine rings is 1. The highest BCUT2D eigenvalue weighted by Crippen LogP contribution is 2.13. The number of carbonyl (C=O) groups is 1. The third-order valence-electron chi connectivity index (χ3n) is 2.35. The van der Waals surface area contributed by atoms with Crippen LogP contribution in [-0.4, -0.2) is 24.0 Å². The molecule has 0 saturated heterocycles. The van der Waals surface area contributed by atoms with Gasteiger partial charge in [-0.25, -0.2) is 4.98 Å². The highest BCUT2D eigenvalue weighted by molar-refractivity contribution is 5.95. The SMILES string of the molecule is CCNc1cc(C(=O)NCC(C)(C)C)cc(C)n1. The number of hydrogen-bond donors (Lipinski definition) is 2. The van der Waals surface area contributed by atoms with Crippen molar-refractivity contribution in [2.75, 3.05) is 18.4 Å². The Kier molecular flexibility index (Phi) is 4.70.